The highest BCUT2D eigenvalue weighted by atomic mass is 32.2. The molecule has 2 rings (SSSR count). The van der Waals surface area contributed by atoms with Gasteiger partial charge >= 0.3 is 0 Å². The van der Waals surface area contributed by atoms with Crippen molar-refractivity contribution >= 4 is 10.0 Å². The van der Waals surface area contributed by atoms with Crippen LogP contribution in [0.1, 0.15) is 30.7 Å². The highest BCUT2D eigenvalue weighted by molar-refractivity contribution is 7.89. The summed E-state index contributed by atoms with van der Waals surface area (Å²) in [6.45, 7) is 4.02. The lowest BCUT2D eigenvalue weighted by Gasteiger charge is -2.23. The van der Waals surface area contributed by atoms with Crippen LogP contribution in [0.4, 0.5) is 0 Å². The standard InChI is InChI=1S/C12H20N4O2S/c1-10(12-9-14-5-6-15-12)19(17,18)16-8-11-3-2-4-13-7-11/h5-6,9-11,13,16H,2-4,7-8H2,1H3/t10-,11-/m0/s1. The summed E-state index contributed by atoms with van der Waals surface area (Å²) in [4.78, 5) is 7.95. The monoisotopic (exact) mass is 284 g/mol. The summed E-state index contributed by atoms with van der Waals surface area (Å²) in [6, 6.07) is 0. The van der Waals surface area contributed by atoms with Crippen molar-refractivity contribution in [3.8, 4) is 0 Å². The van der Waals surface area contributed by atoms with Gasteiger partial charge < -0.3 is 5.32 Å². The second-order valence-electron chi connectivity index (χ2n) is 4.88. The zero-order valence-electron chi connectivity index (χ0n) is 11.0. The molecule has 6 nitrogen and oxygen atoms in total. The molecular formula is C12H20N4O2S. The third-order valence-electron chi connectivity index (χ3n) is 3.44. The van der Waals surface area contributed by atoms with Crippen molar-refractivity contribution in [1.82, 2.24) is 20.0 Å². The van der Waals surface area contributed by atoms with Gasteiger partial charge in [-0.15, -0.1) is 0 Å². The van der Waals surface area contributed by atoms with Gasteiger partial charge in [0, 0.05) is 25.1 Å². The number of hydrogen-bond donors (Lipinski definition) is 2. The summed E-state index contributed by atoms with van der Waals surface area (Å²) in [5, 5.41) is 2.59. The molecular weight excluding hydrogens is 264 g/mol. The molecule has 0 spiro atoms. The van der Waals surface area contributed by atoms with Crippen LogP contribution in [0.2, 0.25) is 0 Å². The van der Waals surface area contributed by atoms with E-state index in [-0.39, 0.29) is 0 Å². The predicted molar refractivity (Wildman–Crippen MR) is 73.0 cm³/mol. The van der Waals surface area contributed by atoms with E-state index in [1.54, 1.807) is 6.92 Å². The zero-order chi connectivity index (χ0) is 13.7. The number of piperidine rings is 1. The van der Waals surface area contributed by atoms with Crippen LogP contribution in [0.3, 0.4) is 0 Å². The minimum atomic E-state index is -3.39. The molecule has 106 valence electrons. The first-order chi connectivity index (χ1) is 9.09. The van der Waals surface area contributed by atoms with Gasteiger partial charge in [-0.2, -0.15) is 0 Å². The van der Waals surface area contributed by atoms with Crippen molar-refractivity contribution in [3.63, 3.8) is 0 Å². The molecule has 0 saturated carbocycles. The van der Waals surface area contributed by atoms with Gasteiger partial charge in [-0.25, -0.2) is 13.1 Å². The smallest absolute Gasteiger partial charge is 0.220 e. The zero-order valence-corrected chi connectivity index (χ0v) is 11.9. The molecule has 0 amide bonds. The topological polar surface area (TPSA) is 84.0 Å². The lowest BCUT2D eigenvalue weighted by atomic mass is 10.0. The quantitative estimate of drug-likeness (QED) is 0.820. The second kappa shape index (κ2) is 6.40. The highest BCUT2D eigenvalue weighted by Gasteiger charge is 2.25. The summed E-state index contributed by atoms with van der Waals surface area (Å²) < 4.78 is 27.0. The Morgan fingerprint density at radius 2 is 2.37 bits per heavy atom. The van der Waals surface area contributed by atoms with E-state index in [1.165, 1.54) is 18.6 Å². The van der Waals surface area contributed by atoms with E-state index >= 15 is 0 Å². The Morgan fingerprint density at radius 3 is 3.00 bits per heavy atom. The van der Waals surface area contributed by atoms with E-state index in [1.807, 2.05) is 0 Å². The molecule has 1 aliphatic heterocycles. The van der Waals surface area contributed by atoms with Crippen molar-refractivity contribution in [2.45, 2.75) is 25.0 Å². The Bertz CT molecular complexity index is 486. The fraction of sp³-hybridized carbons (Fsp3) is 0.667. The van der Waals surface area contributed by atoms with Crippen LogP contribution in [0.15, 0.2) is 18.6 Å². The predicted octanol–water partition coefficient (Wildman–Crippen LogP) is 0.457. The second-order valence-corrected chi connectivity index (χ2v) is 6.96. The molecule has 0 aliphatic carbocycles. The minimum absolute atomic E-state index is 0.373. The van der Waals surface area contributed by atoms with Gasteiger partial charge in [0.1, 0.15) is 5.25 Å². The van der Waals surface area contributed by atoms with E-state index in [9.17, 15) is 8.42 Å². The Labute approximate surface area is 114 Å². The molecule has 2 atom stereocenters. The number of aromatic nitrogens is 2. The van der Waals surface area contributed by atoms with Crippen LogP contribution in [-0.4, -0.2) is 38.0 Å². The first kappa shape index (κ1) is 14.4. The molecule has 1 saturated heterocycles. The molecule has 1 aliphatic rings. The van der Waals surface area contributed by atoms with Gasteiger partial charge in [-0.1, -0.05) is 0 Å². The largest absolute Gasteiger partial charge is 0.316 e. The normalized spacial score (nSPS) is 22.1. The summed E-state index contributed by atoms with van der Waals surface area (Å²) in [6.07, 6.45) is 6.70. The third kappa shape index (κ3) is 3.95. The van der Waals surface area contributed by atoms with Crippen LogP contribution in [0.5, 0.6) is 0 Å². The number of rotatable bonds is 5. The van der Waals surface area contributed by atoms with Crippen molar-refractivity contribution in [2.24, 2.45) is 5.92 Å². The summed E-state index contributed by atoms with van der Waals surface area (Å²) >= 11 is 0. The van der Waals surface area contributed by atoms with Crippen LogP contribution < -0.4 is 10.0 Å². The molecule has 1 aromatic rings. The van der Waals surface area contributed by atoms with E-state index in [0.717, 1.165) is 25.9 Å². The van der Waals surface area contributed by atoms with Crippen molar-refractivity contribution in [1.29, 1.82) is 0 Å². The molecule has 0 bridgehead atoms. The molecule has 2 heterocycles. The Morgan fingerprint density at radius 1 is 1.53 bits per heavy atom. The van der Waals surface area contributed by atoms with Crippen molar-refractivity contribution in [2.75, 3.05) is 19.6 Å². The van der Waals surface area contributed by atoms with Gasteiger partial charge in [0.25, 0.3) is 0 Å². The van der Waals surface area contributed by atoms with Gasteiger partial charge in [-0.05, 0) is 38.8 Å². The Balaban J connectivity index is 1.94. The first-order valence-corrected chi connectivity index (χ1v) is 8.09. The van der Waals surface area contributed by atoms with E-state index in [0.29, 0.717) is 18.2 Å². The van der Waals surface area contributed by atoms with Gasteiger partial charge in [-0.3, -0.25) is 9.97 Å². The molecule has 1 fully saturated rings. The Hall–Kier alpha value is -1.05. The maximum atomic E-state index is 12.2. The van der Waals surface area contributed by atoms with E-state index < -0.39 is 15.3 Å². The molecule has 1 aromatic heterocycles. The molecule has 0 unspecified atom stereocenters. The number of sulfonamides is 1. The summed E-state index contributed by atoms with van der Waals surface area (Å²) in [5.74, 6) is 0.373. The maximum absolute atomic E-state index is 12.2. The fourth-order valence-electron chi connectivity index (χ4n) is 2.14. The van der Waals surface area contributed by atoms with Crippen LogP contribution in [-0.2, 0) is 10.0 Å². The van der Waals surface area contributed by atoms with Crippen molar-refractivity contribution in [3.05, 3.63) is 24.3 Å². The first-order valence-electron chi connectivity index (χ1n) is 6.54. The molecule has 19 heavy (non-hydrogen) atoms. The fourth-order valence-corrected chi connectivity index (χ4v) is 3.29. The SMILES string of the molecule is C[C@@H](c1cnccn1)S(=O)(=O)NC[C@H]1CCCNC1. The third-order valence-corrected chi connectivity index (χ3v) is 5.18. The van der Waals surface area contributed by atoms with Gasteiger partial charge in [0.2, 0.25) is 10.0 Å². The summed E-state index contributed by atoms with van der Waals surface area (Å²) in [7, 11) is -3.39. The van der Waals surface area contributed by atoms with Crippen LogP contribution in [0, 0.1) is 5.92 Å². The lowest BCUT2D eigenvalue weighted by Crippen LogP contribution is -2.39. The highest BCUT2D eigenvalue weighted by Crippen LogP contribution is 2.18. The Kier molecular flexibility index (Phi) is 4.84. The van der Waals surface area contributed by atoms with Gasteiger partial charge in [0.05, 0.1) is 5.69 Å². The molecule has 2 N–H and O–H groups in total. The number of nitrogens with one attached hydrogen (secondary N) is 2. The van der Waals surface area contributed by atoms with E-state index in [2.05, 4.69) is 20.0 Å². The molecule has 7 heteroatoms. The van der Waals surface area contributed by atoms with Crippen LogP contribution in [0.25, 0.3) is 0 Å². The average Bonchev–Trinajstić information content (AvgIpc) is 2.46. The van der Waals surface area contributed by atoms with Crippen molar-refractivity contribution < 1.29 is 8.42 Å². The summed E-state index contributed by atoms with van der Waals surface area (Å²) in [5.41, 5.74) is 0.469. The van der Waals surface area contributed by atoms with Crippen LogP contribution >= 0.6 is 0 Å². The number of hydrogen-bond acceptors (Lipinski definition) is 5. The maximum Gasteiger partial charge on any atom is 0.220 e. The molecule has 0 radical (unpaired) electrons. The van der Waals surface area contributed by atoms with E-state index in [4.69, 9.17) is 0 Å². The van der Waals surface area contributed by atoms with Gasteiger partial charge in [0.15, 0.2) is 0 Å². The number of nitrogens with zero attached hydrogens (tertiary/aromatic N) is 2. The average molecular weight is 284 g/mol. The molecule has 0 aromatic carbocycles. The minimum Gasteiger partial charge on any atom is -0.316 e. The lowest BCUT2D eigenvalue weighted by molar-refractivity contribution is 0.375.